The van der Waals surface area contributed by atoms with Crippen LogP contribution in [-0.2, 0) is 11.4 Å². The van der Waals surface area contributed by atoms with Gasteiger partial charge in [0, 0.05) is 0 Å². The van der Waals surface area contributed by atoms with Crippen LogP contribution in [0.3, 0.4) is 0 Å². The molecular weight excluding hydrogens is 142 g/mol. The Morgan fingerprint density at radius 2 is 1.91 bits per heavy atom. The molecule has 0 spiro atoms. The monoisotopic (exact) mass is 153 g/mol. The maximum Gasteiger partial charge on any atom is 0.118 e. The molecule has 60 valence electrons. The second kappa shape index (κ2) is 3.95. The summed E-state index contributed by atoms with van der Waals surface area (Å²) in [6, 6.07) is 7.56. The zero-order valence-electron chi connectivity index (χ0n) is 6.41. The molecule has 0 bridgehead atoms. The quantitative estimate of drug-likeness (QED) is 0.661. The smallest absolute Gasteiger partial charge is 0.118 e. The minimum atomic E-state index is 0.435. The van der Waals surface area contributed by atoms with Crippen LogP contribution in [0.15, 0.2) is 24.3 Å². The Morgan fingerprint density at radius 3 is 2.36 bits per heavy atom. The molecule has 0 aliphatic heterocycles. The number of hydrogen-bond donors (Lipinski definition) is 1. The molecule has 3 nitrogen and oxygen atoms in total. The highest BCUT2D eigenvalue weighted by molar-refractivity contribution is 5.26. The van der Waals surface area contributed by atoms with Crippen molar-refractivity contribution in [3.05, 3.63) is 29.8 Å². The van der Waals surface area contributed by atoms with Crippen LogP contribution in [0.2, 0.25) is 0 Å². The van der Waals surface area contributed by atoms with Gasteiger partial charge in [-0.25, -0.2) is 5.90 Å². The molecule has 0 aliphatic rings. The lowest BCUT2D eigenvalue weighted by Gasteiger charge is -2.00. The van der Waals surface area contributed by atoms with E-state index >= 15 is 0 Å². The van der Waals surface area contributed by atoms with Gasteiger partial charge in [0.2, 0.25) is 0 Å². The highest BCUT2D eigenvalue weighted by atomic mass is 16.6. The van der Waals surface area contributed by atoms with Crippen LogP contribution in [0.25, 0.3) is 0 Å². The molecule has 0 radical (unpaired) electrons. The Balaban J connectivity index is 2.66. The van der Waals surface area contributed by atoms with Gasteiger partial charge in [-0.05, 0) is 17.7 Å². The molecule has 0 atom stereocenters. The van der Waals surface area contributed by atoms with Crippen molar-refractivity contribution in [2.75, 3.05) is 7.11 Å². The Kier molecular flexibility index (Phi) is 2.89. The summed E-state index contributed by atoms with van der Waals surface area (Å²) in [4.78, 5) is 4.46. The van der Waals surface area contributed by atoms with Crippen molar-refractivity contribution in [3.8, 4) is 5.75 Å². The first-order valence-electron chi connectivity index (χ1n) is 3.31. The van der Waals surface area contributed by atoms with E-state index in [4.69, 9.17) is 10.6 Å². The molecule has 0 aromatic heterocycles. The Bertz CT molecular complexity index is 208. The molecule has 0 fully saturated rings. The van der Waals surface area contributed by atoms with E-state index in [9.17, 15) is 0 Å². The highest BCUT2D eigenvalue weighted by Crippen LogP contribution is 2.11. The second-order valence-electron chi connectivity index (χ2n) is 2.16. The fourth-order valence-corrected chi connectivity index (χ4v) is 0.818. The van der Waals surface area contributed by atoms with E-state index in [-0.39, 0.29) is 0 Å². The fraction of sp³-hybridized carbons (Fsp3) is 0.250. The van der Waals surface area contributed by atoms with Gasteiger partial charge in [0.05, 0.1) is 13.7 Å². The van der Waals surface area contributed by atoms with E-state index < -0.39 is 0 Å². The molecule has 0 saturated carbocycles. The first-order chi connectivity index (χ1) is 5.36. The number of ether oxygens (including phenoxy) is 1. The summed E-state index contributed by atoms with van der Waals surface area (Å²) >= 11 is 0. The van der Waals surface area contributed by atoms with Crippen molar-refractivity contribution in [1.82, 2.24) is 0 Å². The lowest BCUT2D eigenvalue weighted by molar-refractivity contribution is 0.124. The summed E-state index contributed by atoms with van der Waals surface area (Å²) in [5.74, 6) is 5.74. The molecule has 1 aromatic rings. The summed E-state index contributed by atoms with van der Waals surface area (Å²) in [5.41, 5.74) is 1.04. The molecule has 0 saturated heterocycles. The Labute approximate surface area is 65.7 Å². The van der Waals surface area contributed by atoms with Crippen LogP contribution in [0.1, 0.15) is 5.56 Å². The van der Waals surface area contributed by atoms with E-state index in [0.29, 0.717) is 6.61 Å². The van der Waals surface area contributed by atoms with Gasteiger partial charge in [0.1, 0.15) is 5.75 Å². The number of rotatable bonds is 3. The molecule has 3 heteroatoms. The highest BCUT2D eigenvalue weighted by Gasteiger charge is 1.91. The van der Waals surface area contributed by atoms with Crippen LogP contribution in [0.5, 0.6) is 5.75 Å². The van der Waals surface area contributed by atoms with E-state index in [2.05, 4.69) is 4.84 Å². The van der Waals surface area contributed by atoms with Crippen molar-refractivity contribution in [2.45, 2.75) is 6.61 Å². The molecule has 0 unspecified atom stereocenters. The van der Waals surface area contributed by atoms with Crippen LogP contribution < -0.4 is 10.6 Å². The summed E-state index contributed by atoms with van der Waals surface area (Å²) in [6.07, 6.45) is 0. The van der Waals surface area contributed by atoms with Crippen molar-refractivity contribution in [1.29, 1.82) is 0 Å². The van der Waals surface area contributed by atoms with Gasteiger partial charge in [-0.1, -0.05) is 12.1 Å². The topological polar surface area (TPSA) is 44.5 Å². The van der Waals surface area contributed by atoms with Crippen LogP contribution >= 0.6 is 0 Å². The zero-order chi connectivity index (χ0) is 8.10. The molecule has 1 rings (SSSR count). The van der Waals surface area contributed by atoms with E-state index in [1.165, 1.54) is 0 Å². The van der Waals surface area contributed by atoms with Crippen molar-refractivity contribution >= 4 is 0 Å². The van der Waals surface area contributed by atoms with Gasteiger partial charge < -0.3 is 4.74 Å². The molecule has 0 aliphatic carbocycles. The molecule has 0 heterocycles. The largest absolute Gasteiger partial charge is 0.497 e. The van der Waals surface area contributed by atoms with Gasteiger partial charge in [0.15, 0.2) is 0 Å². The minimum absolute atomic E-state index is 0.435. The van der Waals surface area contributed by atoms with Crippen LogP contribution in [0, 0.1) is 0 Å². The second-order valence-corrected chi connectivity index (χ2v) is 2.16. The number of methoxy groups -OCH3 is 1. The van der Waals surface area contributed by atoms with Crippen molar-refractivity contribution < 1.29 is 9.57 Å². The van der Waals surface area contributed by atoms with Crippen LogP contribution in [-0.4, -0.2) is 7.11 Å². The van der Waals surface area contributed by atoms with E-state index in [0.717, 1.165) is 11.3 Å². The zero-order valence-corrected chi connectivity index (χ0v) is 6.41. The number of nitrogens with two attached hydrogens (primary N) is 1. The molecule has 2 N–H and O–H groups in total. The van der Waals surface area contributed by atoms with Crippen LogP contribution in [0.4, 0.5) is 0 Å². The first kappa shape index (κ1) is 8.04. The molecule has 0 amide bonds. The summed E-state index contributed by atoms with van der Waals surface area (Å²) in [6.45, 7) is 0.435. The first-order valence-corrected chi connectivity index (χ1v) is 3.31. The van der Waals surface area contributed by atoms with Gasteiger partial charge in [-0.15, -0.1) is 0 Å². The summed E-state index contributed by atoms with van der Waals surface area (Å²) in [7, 11) is 1.63. The lowest BCUT2D eigenvalue weighted by Crippen LogP contribution is -1.98. The van der Waals surface area contributed by atoms with E-state index in [1.807, 2.05) is 24.3 Å². The van der Waals surface area contributed by atoms with Gasteiger partial charge in [-0.3, -0.25) is 4.84 Å². The van der Waals surface area contributed by atoms with Gasteiger partial charge >= 0.3 is 0 Å². The predicted octanol–water partition coefficient (Wildman–Crippen LogP) is 1.09. The van der Waals surface area contributed by atoms with Crippen molar-refractivity contribution in [3.63, 3.8) is 0 Å². The van der Waals surface area contributed by atoms with Crippen molar-refractivity contribution in [2.24, 2.45) is 5.90 Å². The lowest BCUT2D eigenvalue weighted by atomic mass is 10.2. The third-order valence-corrected chi connectivity index (χ3v) is 1.41. The number of benzene rings is 1. The SMILES string of the molecule is COc1ccc(CON)cc1. The van der Waals surface area contributed by atoms with Gasteiger partial charge in [-0.2, -0.15) is 0 Å². The maximum atomic E-state index is 4.98. The molecule has 1 aromatic carbocycles. The van der Waals surface area contributed by atoms with Gasteiger partial charge in [0.25, 0.3) is 0 Å². The predicted molar refractivity (Wildman–Crippen MR) is 42.0 cm³/mol. The van der Waals surface area contributed by atoms with E-state index in [1.54, 1.807) is 7.11 Å². The summed E-state index contributed by atoms with van der Waals surface area (Å²) in [5, 5.41) is 0. The molecular formula is C8H11NO2. The Hall–Kier alpha value is -1.06. The maximum absolute atomic E-state index is 4.98. The fourth-order valence-electron chi connectivity index (χ4n) is 0.818. The Morgan fingerprint density at radius 1 is 1.27 bits per heavy atom. The molecule has 11 heavy (non-hydrogen) atoms. The summed E-state index contributed by atoms with van der Waals surface area (Å²) < 4.78 is 4.98. The third-order valence-electron chi connectivity index (χ3n) is 1.41. The third kappa shape index (κ3) is 2.22. The average molecular weight is 153 g/mol. The normalized spacial score (nSPS) is 9.64. The number of hydrogen-bond acceptors (Lipinski definition) is 3. The standard InChI is InChI=1S/C8H11NO2/c1-10-8-4-2-7(3-5-8)6-11-9/h2-5H,6,9H2,1H3. The average Bonchev–Trinajstić information content (AvgIpc) is 2.07. The minimum Gasteiger partial charge on any atom is -0.497 e.